The van der Waals surface area contributed by atoms with Gasteiger partial charge in [0.15, 0.2) is 5.16 Å². The lowest BCUT2D eigenvalue weighted by Gasteiger charge is -2.21. The summed E-state index contributed by atoms with van der Waals surface area (Å²) in [6, 6.07) is 14.7. The lowest BCUT2D eigenvalue weighted by molar-refractivity contribution is -0.119. The molecule has 1 heterocycles. The molecule has 1 aliphatic carbocycles. The van der Waals surface area contributed by atoms with Gasteiger partial charge in [0.2, 0.25) is 0 Å². The van der Waals surface area contributed by atoms with E-state index in [-0.39, 0.29) is 16.6 Å². The zero-order chi connectivity index (χ0) is 19.5. The first-order chi connectivity index (χ1) is 13.7. The second-order valence-electron chi connectivity index (χ2n) is 6.80. The van der Waals surface area contributed by atoms with Crippen LogP contribution in [0.2, 0.25) is 0 Å². The van der Waals surface area contributed by atoms with Gasteiger partial charge < -0.3 is 4.74 Å². The number of rotatable bonds is 5. The molecule has 1 aromatic heterocycles. The average molecular weight is 394 g/mol. The number of benzene rings is 2. The maximum atomic E-state index is 13.3. The topological polar surface area (TPSA) is 61.2 Å². The Morgan fingerprint density at radius 2 is 1.89 bits per heavy atom. The van der Waals surface area contributed by atoms with E-state index in [1.54, 1.807) is 10.6 Å². The number of ether oxygens (including phenoxy) is 1. The number of carbonyl (C=O) groups excluding carboxylic acids is 1. The van der Waals surface area contributed by atoms with Crippen molar-refractivity contribution in [2.45, 2.75) is 43.0 Å². The van der Waals surface area contributed by atoms with Crippen LogP contribution >= 0.6 is 11.8 Å². The molecule has 1 fully saturated rings. The Hall–Kier alpha value is -2.60. The number of Topliss-reactive ketones (excluding diaryl/α,β-unsaturated/α-hetero) is 1. The molecule has 144 valence electrons. The summed E-state index contributed by atoms with van der Waals surface area (Å²) < 4.78 is 7.13. The number of para-hydroxylation sites is 1. The number of ketones is 1. The molecule has 5 nitrogen and oxygen atoms in total. The van der Waals surface area contributed by atoms with Crippen molar-refractivity contribution >= 4 is 28.4 Å². The number of fused-ring (bicyclic) bond motifs is 1. The second kappa shape index (κ2) is 8.19. The summed E-state index contributed by atoms with van der Waals surface area (Å²) in [4.78, 5) is 30.4. The van der Waals surface area contributed by atoms with E-state index in [0.717, 1.165) is 30.7 Å². The van der Waals surface area contributed by atoms with E-state index < -0.39 is 0 Å². The summed E-state index contributed by atoms with van der Waals surface area (Å²) in [5.74, 6) is 1.00. The normalized spacial score (nSPS) is 17.0. The van der Waals surface area contributed by atoms with Crippen molar-refractivity contribution < 1.29 is 9.53 Å². The molecule has 1 saturated carbocycles. The van der Waals surface area contributed by atoms with Gasteiger partial charge in [-0.05, 0) is 56.2 Å². The van der Waals surface area contributed by atoms with Crippen LogP contribution in [0.3, 0.4) is 0 Å². The van der Waals surface area contributed by atoms with E-state index in [9.17, 15) is 9.59 Å². The molecule has 0 aliphatic heterocycles. The molecule has 0 radical (unpaired) electrons. The van der Waals surface area contributed by atoms with E-state index in [1.807, 2.05) is 49.4 Å². The first-order valence-corrected chi connectivity index (χ1v) is 10.5. The van der Waals surface area contributed by atoms with E-state index in [4.69, 9.17) is 9.72 Å². The summed E-state index contributed by atoms with van der Waals surface area (Å²) in [7, 11) is 0. The molecular weight excluding hydrogens is 372 g/mol. The fourth-order valence-electron chi connectivity index (χ4n) is 3.48. The fraction of sp³-hybridized carbons (Fsp3) is 0.318. The van der Waals surface area contributed by atoms with Crippen molar-refractivity contribution in [3.63, 3.8) is 0 Å². The van der Waals surface area contributed by atoms with Gasteiger partial charge in [-0.3, -0.25) is 14.2 Å². The highest BCUT2D eigenvalue weighted by molar-refractivity contribution is 8.00. The van der Waals surface area contributed by atoms with E-state index in [1.165, 1.54) is 11.8 Å². The van der Waals surface area contributed by atoms with Gasteiger partial charge in [-0.15, -0.1) is 0 Å². The molecule has 2 aromatic carbocycles. The number of hydrogen-bond donors (Lipinski definition) is 0. The third-order valence-electron chi connectivity index (χ3n) is 4.90. The van der Waals surface area contributed by atoms with Gasteiger partial charge in [0, 0.05) is 6.42 Å². The minimum absolute atomic E-state index is 0.125. The number of hydrogen-bond acceptors (Lipinski definition) is 5. The number of carbonyl (C=O) groups is 1. The minimum Gasteiger partial charge on any atom is -0.494 e. The van der Waals surface area contributed by atoms with Crippen LogP contribution in [-0.2, 0) is 4.79 Å². The summed E-state index contributed by atoms with van der Waals surface area (Å²) >= 11 is 1.41. The van der Waals surface area contributed by atoms with Gasteiger partial charge in [0.1, 0.15) is 11.5 Å². The van der Waals surface area contributed by atoms with Crippen LogP contribution in [0, 0.1) is 0 Å². The quantitative estimate of drug-likeness (QED) is 0.601. The third-order valence-corrected chi connectivity index (χ3v) is 6.16. The Morgan fingerprint density at radius 1 is 1.11 bits per heavy atom. The summed E-state index contributed by atoms with van der Waals surface area (Å²) in [5, 5.41) is 0.986. The molecule has 0 unspecified atom stereocenters. The van der Waals surface area contributed by atoms with Gasteiger partial charge in [0.05, 0.1) is 28.4 Å². The molecule has 3 aromatic rings. The van der Waals surface area contributed by atoms with Gasteiger partial charge in [-0.2, -0.15) is 0 Å². The van der Waals surface area contributed by atoms with Crippen LogP contribution in [0.5, 0.6) is 5.75 Å². The molecule has 0 saturated heterocycles. The molecule has 0 bridgehead atoms. The molecule has 0 spiro atoms. The predicted octanol–water partition coefficient (Wildman–Crippen LogP) is 4.39. The first kappa shape index (κ1) is 18.7. The number of aromatic nitrogens is 2. The van der Waals surface area contributed by atoms with Crippen LogP contribution in [0.1, 0.15) is 32.6 Å². The van der Waals surface area contributed by atoms with Gasteiger partial charge in [-0.1, -0.05) is 30.3 Å². The smallest absolute Gasteiger partial charge is 0.266 e. The van der Waals surface area contributed by atoms with Crippen LogP contribution in [-0.4, -0.2) is 27.2 Å². The van der Waals surface area contributed by atoms with Crippen molar-refractivity contribution in [2.24, 2.45) is 0 Å². The minimum atomic E-state index is -0.143. The van der Waals surface area contributed by atoms with Crippen LogP contribution in [0.4, 0.5) is 0 Å². The van der Waals surface area contributed by atoms with Crippen LogP contribution in [0.15, 0.2) is 58.5 Å². The van der Waals surface area contributed by atoms with Gasteiger partial charge in [-0.25, -0.2) is 4.98 Å². The number of thioether (sulfide) groups is 1. The van der Waals surface area contributed by atoms with Crippen molar-refractivity contribution in [1.29, 1.82) is 0 Å². The molecule has 4 rings (SSSR count). The Bertz CT molecular complexity index is 1060. The summed E-state index contributed by atoms with van der Waals surface area (Å²) in [5.41, 5.74) is 1.25. The van der Waals surface area contributed by atoms with E-state index >= 15 is 0 Å². The summed E-state index contributed by atoms with van der Waals surface area (Å²) in [6.07, 6.45) is 3.42. The Morgan fingerprint density at radius 3 is 2.64 bits per heavy atom. The Balaban J connectivity index is 1.83. The highest BCUT2D eigenvalue weighted by Crippen LogP contribution is 2.32. The van der Waals surface area contributed by atoms with E-state index in [0.29, 0.717) is 29.1 Å². The molecule has 1 atom stereocenters. The van der Waals surface area contributed by atoms with Gasteiger partial charge >= 0.3 is 0 Å². The van der Waals surface area contributed by atoms with Crippen molar-refractivity contribution in [3.8, 4) is 11.4 Å². The maximum absolute atomic E-state index is 13.3. The van der Waals surface area contributed by atoms with E-state index in [2.05, 4.69) is 0 Å². The van der Waals surface area contributed by atoms with Crippen LogP contribution < -0.4 is 10.3 Å². The monoisotopic (exact) mass is 394 g/mol. The summed E-state index contributed by atoms with van der Waals surface area (Å²) in [6.45, 7) is 2.52. The molecular formula is C22H22N2O3S. The first-order valence-electron chi connectivity index (χ1n) is 9.62. The van der Waals surface area contributed by atoms with Crippen molar-refractivity contribution in [1.82, 2.24) is 9.55 Å². The molecule has 0 N–H and O–H groups in total. The Kier molecular flexibility index (Phi) is 5.48. The zero-order valence-electron chi connectivity index (χ0n) is 15.8. The third kappa shape index (κ3) is 3.69. The standard InChI is InChI=1S/C22H22N2O3S/c1-2-27-16-13-11-15(12-14-16)24-21(26)17-7-3-4-8-18(17)23-22(24)28-20-10-6-5-9-19(20)25/h3-4,7-8,11-14,20H,2,5-6,9-10H2,1H3/t20-/m0/s1. The fourth-order valence-corrected chi connectivity index (χ4v) is 4.71. The molecule has 6 heteroatoms. The van der Waals surface area contributed by atoms with Crippen LogP contribution in [0.25, 0.3) is 16.6 Å². The highest BCUT2D eigenvalue weighted by Gasteiger charge is 2.26. The van der Waals surface area contributed by atoms with Gasteiger partial charge in [0.25, 0.3) is 5.56 Å². The zero-order valence-corrected chi connectivity index (χ0v) is 16.6. The predicted molar refractivity (Wildman–Crippen MR) is 112 cm³/mol. The second-order valence-corrected chi connectivity index (χ2v) is 7.97. The lowest BCUT2D eigenvalue weighted by atomic mass is 9.99. The van der Waals surface area contributed by atoms with Crippen molar-refractivity contribution in [3.05, 3.63) is 58.9 Å². The lowest BCUT2D eigenvalue weighted by Crippen LogP contribution is -2.26. The Labute approximate surface area is 167 Å². The maximum Gasteiger partial charge on any atom is 0.266 e. The molecule has 1 aliphatic rings. The largest absolute Gasteiger partial charge is 0.494 e. The molecule has 28 heavy (non-hydrogen) atoms. The van der Waals surface area contributed by atoms with Crippen molar-refractivity contribution in [2.75, 3.05) is 6.61 Å². The average Bonchev–Trinajstić information content (AvgIpc) is 2.71. The molecule has 0 amide bonds. The highest BCUT2D eigenvalue weighted by atomic mass is 32.2. The number of nitrogens with zero attached hydrogens (tertiary/aromatic N) is 2. The SMILES string of the molecule is CCOc1ccc(-n2c(S[C@H]3CCCCC3=O)nc3ccccc3c2=O)cc1.